The minimum absolute atomic E-state index is 0.129. The summed E-state index contributed by atoms with van der Waals surface area (Å²) in [7, 11) is 0.943. The van der Waals surface area contributed by atoms with Crippen LogP contribution < -0.4 is 4.74 Å². The fourth-order valence-corrected chi connectivity index (χ4v) is 1.42. The molecule has 0 fully saturated rings. The molecule has 0 aliphatic carbocycles. The molecular formula is C11H10F5NO3. The highest BCUT2D eigenvalue weighted by molar-refractivity contribution is 5.93. The predicted octanol–water partition coefficient (Wildman–Crippen LogP) is 3.22. The van der Waals surface area contributed by atoms with Crippen LogP contribution >= 0.6 is 0 Å². The fourth-order valence-electron chi connectivity index (χ4n) is 1.42. The number of esters is 1. The Balaban J connectivity index is 3.53. The molecule has 0 aliphatic heterocycles. The molecule has 1 aromatic rings. The van der Waals surface area contributed by atoms with Crippen LogP contribution in [0.1, 0.15) is 35.1 Å². The number of carbonyl (C=O) groups excluding carboxylic acids is 1. The summed E-state index contributed by atoms with van der Waals surface area (Å²) >= 11 is 0. The van der Waals surface area contributed by atoms with E-state index in [1.54, 1.807) is 0 Å². The molecule has 0 saturated carbocycles. The molecule has 1 rings (SSSR count). The van der Waals surface area contributed by atoms with Crippen LogP contribution in [0.25, 0.3) is 0 Å². The normalized spacial score (nSPS) is 11.6. The van der Waals surface area contributed by atoms with Gasteiger partial charge in [-0.05, 0) is 13.0 Å². The lowest BCUT2D eigenvalue weighted by atomic mass is 10.1. The van der Waals surface area contributed by atoms with Crippen LogP contribution in [0.15, 0.2) is 6.07 Å². The van der Waals surface area contributed by atoms with Crippen molar-refractivity contribution in [1.29, 1.82) is 0 Å². The molecule has 0 spiro atoms. The number of nitrogens with zero attached hydrogens (tertiary/aromatic N) is 1. The summed E-state index contributed by atoms with van der Waals surface area (Å²) in [6, 6.07) is 0.322. The van der Waals surface area contributed by atoms with Crippen molar-refractivity contribution in [3.05, 3.63) is 23.0 Å². The second kappa shape index (κ2) is 6.02. The van der Waals surface area contributed by atoms with E-state index in [-0.39, 0.29) is 6.61 Å². The average molecular weight is 299 g/mol. The minimum atomic E-state index is -4.98. The van der Waals surface area contributed by atoms with Crippen molar-refractivity contribution in [2.24, 2.45) is 0 Å². The van der Waals surface area contributed by atoms with Crippen molar-refractivity contribution in [3.8, 4) is 5.75 Å². The standard InChI is InChI=1S/C11H10F5NO3/c1-3-20-10(18)5-4-6(11(14,15)16)17-7(9(12)13)8(5)19-2/h4,9H,3H2,1-2H3. The maximum absolute atomic E-state index is 12.8. The van der Waals surface area contributed by atoms with Gasteiger partial charge in [0, 0.05) is 0 Å². The summed E-state index contributed by atoms with van der Waals surface area (Å²) in [4.78, 5) is 14.3. The molecule has 0 atom stereocenters. The Kier molecular flexibility index (Phi) is 4.85. The smallest absolute Gasteiger partial charge is 0.433 e. The molecule has 0 amide bonds. The number of ether oxygens (including phenoxy) is 2. The quantitative estimate of drug-likeness (QED) is 0.632. The van der Waals surface area contributed by atoms with Gasteiger partial charge in [-0.3, -0.25) is 0 Å². The Morgan fingerprint density at radius 1 is 1.40 bits per heavy atom. The summed E-state index contributed by atoms with van der Waals surface area (Å²) in [6.07, 6.45) is -8.31. The van der Waals surface area contributed by atoms with E-state index in [1.807, 2.05) is 0 Å². The van der Waals surface area contributed by atoms with Crippen LogP contribution in [0.3, 0.4) is 0 Å². The second-order valence-electron chi connectivity index (χ2n) is 3.49. The Bertz CT molecular complexity index is 502. The number of pyridine rings is 1. The van der Waals surface area contributed by atoms with Crippen molar-refractivity contribution in [3.63, 3.8) is 0 Å². The van der Waals surface area contributed by atoms with E-state index < -0.39 is 41.3 Å². The molecule has 0 unspecified atom stereocenters. The van der Waals surface area contributed by atoms with E-state index >= 15 is 0 Å². The van der Waals surface area contributed by atoms with Crippen molar-refractivity contribution < 1.29 is 36.2 Å². The van der Waals surface area contributed by atoms with Gasteiger partial charge in [0.25, 0.3) is 6.43 Å². The van der Waals surface area contributed by atoms with Crippen LogP contribution in [0.2, 0.25) is 0 Å². The molecule has 4 nitrogen and oxygen atoms in total. The maximum Gasteiger partial charge on any atom is 0.433 e. The zero-order valence-corrected chi connectivity index (χ0v) is 10.4. The molecular weight excluding hydrogens is 289 g/mol. The Hall–Kier alpha value is -1.93. The lowest BCUT2D eigenvalue weighted by molar-refractivity contribution is -0.141. The highest BCUT2D eigenvalue weighted by Crippen LogP contribution is 2.36. The number of carbonyl (C=O) groups is 1. The fraction of sp³-hybridized carbons (Fsp3) is 0.455. The second-order valence-corrected chi connectivity index (χ2v) is 3.49. The van der Waals surface area contributed by atoms with Crippen LogP contribution in [0, 0.1) is 0 Å². The minimum Gasteiger partial charge on any atom is -0.494 e. The molecule has 0 radical (unpaired) electrons. The number of alkyl halides is 5. The van der Waals surface area contributed by atoms with Crippen LogP contribution in [-0.2, 0) is 10.9 Å². The van der Waals surface area contributed by atoms with Gasteiger partial charge in [-0.15, -0.1) is 0 Å². The van der Waals surface area contributed by atoms with Crippen LogP contribution in [0.5, 0.6) is 5.75 Å². The third-order valence-electron chi connectivity index (χ3n) is 2.20. The topological polar surface area (TPSA) is 48.4 Å². The third-order valence-corrected chi connectivity index (χ3v) is 2.20. The zero-order valence-electron chi connectivity index (χ0n) is 10.4. The van der Waals surface area contributed by atoms with Gasteiger partial charge in [-0.2, -0.15) is 13.2 Å². The number of aromatic nitrogens is 1. The van der Waals surface area contributed by atoms with Crippen molar-refractivity contribution in [2.45, 2.75) is 19.5 Å². The summed E-state index contributed by atoms with van der Waals surface area (Å²) in [5.41, 5.74) is -3.62. The van der Waals surface area contributed by atoms with E-state index in [9.17, 15) is 26.7 Å². The van der Waals surface area contributed by atoms with Gasteiger partial charge in [-0.1, -0.05) is 0 Å². The summed E-state index contributed by atoms with van der Waals surface area (Å²) in [6.45, 7) is 1.29. The van der Waals surface area contributed by atoms with Gasteiger partial charge >= 0.3 is 12.1 Å². The first-order valence-electron chi connectivity index (χ1n) is 5.33. The first-order chi connectivity index (χ1) is 9.22. The van der Waals surface area contributed by atoms with Gasteiger partial charge in [0.05, 0.1) is 13.7 Å². The molecule has 0 aliphatic rings. The molecule has 112 valence electrons. The summed E-state index contributed by atoms with van der Waals surface area (Å²) in [5, 5.41) is 0. The number of hydrogen-bond donors (Lipinski definition) is 0. The van der Waals surface area contributed by atoms with Crippen molar-refractivity contribution in [2.75, 3.05) is 13.7 Å². The number of rotatable bonds is 4. The Morgan fingerprint density at radius 3 is 2.40 bits per heavy atom. The molecule has 0 N–H and O–H groups in total. The molecule has 20 heavy (non-hydrogen) atoms. The van der Waals surface area contributed by atoms with Crippen molar-refractivity contribution >= 4 is 5.97 Å². The average Bonchev–Trinajstić information content (AvgIpc) is 2.36. The summed E-state index contributed by atoms with van der Waals surface area (Å²) in [5.74, 6) is -1.93. The lowest BCUT2D eigenvalue weighted by Crippen LogP contribution is -2.16. The van der Waals surface area contributed by atoms with Gasteiger partial charge in [0.1, 0.15) is 17.0 Å². The van der Waals surface area contributed by atoms with Gasteiger partial charge in [0.15, 0.2) is 5.75 Å². The SMILES string of the molecule is CCOC(=O)c1cc(C(F)(F)F)nc(C(F)F)c1OC. The van der Waals surface area contributed by atoms with Gasteiger partial charge in [-0.25, -0.2) is 18.6 Å². The van der Waals surface area contributed by atoms with Crippen LogP contribution in [0.4, 0.5) is 22.0 Å². The largest absolute Gasteiger partial charge is 0.494 e. The number of hydrogen-bond acceptors (Lipinski definition) is 4. The molecule has 9 heteroatoms. The Labute approximate surface area is 110 Å². The van der Waals surface area contributed by atoms with Crippen molar-refractivity contribution in [1.82, 2.24) is 4.98 Å². The monoisotopic (exact) mass is 299 g/mol. The molecule has 1 aromatic heterocycles. The molecule has 0 bridgehead atoms. The predicted molar refractivity (Wildman–Crippen MR) is 56.7 cm³/mol. The van der Waals surface area contributed by atoms with Gasteiger partial charge in [0.2, 0.25) is 0 Å². The van der Waals surface area contributed by atoms with E-state index in [0.29, 0.717) is 6.07 Å². The lowest BCUT2D eigenvalue weighted by Gasteiger charge is -2.15. The van der Waals surface area contributed by atoms with E-state index in [0.717, 1.165) is 7.11 Å². The molecule has 0 saturated heterocycles. The summed E-state index contributed by atoms with van der Waals surface area (Å²) < 4.78 is 72.4. The van der Waals surface area contributed by atoms with E-state index in [4.69, 9.17) is 0 Å². The highest BCUT2D eigenvalue weighted by atomic mass is 19.4. The number of methoxy groups -OCH3 is 1. The zero-order chi connectivity index (χ0) is 15.5. The maximum atomic E-state index is 12.8. The van der Waals surface area contributed by atoms with E-state index in [1.165, 1.54) is 6.92 Å². The first kappa shape index (κ1) is 16.1. The highest BCUT2D eigenvalue weighted by Gasteiger charge is 2.37. The number of halogens is 5. The molecule has 0 aromatic carbocycles. The first-order valence-corrected chi connectivity index (χ1v) is 5.33. The third kappa shape index (κ3) is 3.34. The Morgan fingerprint density at radius 2 is 2.00 bits per heavy atom. The van der Waals surface area contributed by atoms with Gasteiger partial charge < -0.3 is 9.47 Å². The van der Waals surface area contributed by atoms with E-state index in [2.05, 4.69) is 14.5 Å². The van der Waals surface area contributed by atoms with Crippen LogP contribution in [-0.4, -0.2) is 24.7 Å². The molecule has 1 heterocycles.